The zero-order valence-corrected chi connectivity index (χ0v) is 20.6. The Labute approximate surface area is 200 Å². The number of benzene rings is 1. The summed E-state index contributed by atoms with van der Waals surface area (Å²) in [6, 6.07) is 9.99. The molecule has 0 atom stereocenters. The molecule has 7 nitrogen and oxygen atoms in total. The van der Waals surface area contributed by atoms with Crippen LogP contribution >= 0.6 is 0 Å². The van der Waals surface area contributed by atoms with Crippen molar-refractivity contribution in [2.45, 2.75) is 47.8 Å². The number of imidazole rings is 1. The molecule has 0 radical (unpaired) electrons. The maximum Gasteiger partial charge on any atom is 0.222 e. The van der Waals surface area contributed by atoms with E-state index in [0.717, 1.165) is 50.5 Å². The van der Waals surface area contributed by atoms with Gasteiger partial charge in [-0.3, -0.25) is 9.78 Å². The molecule has 7 heteroatoms. The number of hydrogen-bond acceptors (Lipinski definition) is 5. The quantitative estimate of drug-likeness (QED) is 0.431. The third-order valence-corrected chi connectivity index (χ3v) is 6.10. The van der Waals surface area contributed by atoms with E-state index in [-0.39, 0.29) is 11.8 Å². The zero-order chi connectivity index (χ0) is 24.4. The van der Waals surface area contributed by atoms with Gasteiger partial charge in [0.15, 0.2) is 0 Å². The largest absolute Gasteiger partial charge is 0.487 e. The first-order valence-electron chi connectivity index (χ1n) is 11.5. The molecule has 0 aliphatic heterocycles. The lowest BCUT2D eigenvalue weighted by atomic mass is 10.1. The summed E-state index contributed by atoms with van der Waals surface area (Å²) < 4.78 is 8.40. The number of rotatable bonds is 7. The summed E-state index contributed by atoms with van der Waals surface area (Å²) in [6.07, 6.45) is 3.64. The van der Waals surface area contributed by atoms with E-state index in [1.807, 2.05) is 66.1 Å². The molecule has 1 aromatic carbocycles. The van der Waals surface area contributed by atoms with Gasteiger partial charge in [0.25, 0.3) is 0 Å². The van der Waals surface area contributed by atoms with Gasteiger partial charge in [-0.1, -0.05) is 26.0 Å². The molecule has 0 saturated carbocycles. The van der Waals surface area contributed by atoms with E-state index in [2.05, 4.69) is 32.0 Å². The minimum Gasteiger partial charge on any atom is -0.487 e. The van der Waals surface area contributed by atoms with Crippen molar-refractivity contribution in [3.8, 4) is 17.1 Å². The highest BCUT2D eigenvalue weighted by Crippen LogP contribution is 2.33. The Bertz CT molecular complexity index is 1360. The van der Waals surface area contributed by atoms with Crippen molar-refractivity contribution in [3.63, 3.8) is 0 Å². The van der Waals surface area contributed by atoms with E-state index in [1.165, 1.54) is 0 Å². The molecular formula is C27H31N5O2. The average molecular weight is 458 g/mol. The Morgan fingerprint density at radius 1 is 1.15 bits per heavy atom. The first-order chi connectivity index (χ1) is 16.3. The molecule has 0 saturated heterocycles. The second-order valence-corrected chi connectivity index (χ2v) is 8.96. The number of amides is 1. The molecule has 34 heavy (non-hydrogen) atoms. The van der Waals surface area contributed by atoms with Crippen LogP contribution in [0.5, 0.6) is 5.75 Å². The number of carbonyl (C=O) groups is 1. The molecular weight excluding hydrogens is 426 g/mol. The predicted molar refractivity (Wildman–Crippen MR) is 133 cm³/mol. The highest BCUT2D eigenvalue weighted by Gasteiger charge is 2.16. The Kier molecular flexibility index (Phi) is 6.63. The number of fused-ring (bicyclic) bond motifs is 1. The Hall–Kier alpha value is -3.74. The monoisotopic (exact) mass is 457 g/mol. The molecule has 3 heterocycles. The number of ether oxygens (including phenoxy) is 1. The number of nitrogens with one attached hydrogen (secondary N) is 1. The van der Waals surface area contributed by atoms with E-state index in [4.69, 9.17) is 9.72 Å². The SMILES string of the molecule is Cc1cc(-c2ncc(C)n2C)c2cccc(OCc3c(C)ccnc3CNC(=O)C(C)C)c2n1. The van der Waals surface area contributed by atoms with Gasteiger partial charge in [0.1, 0.15) is 23.7 Å². The molecule has 1 N–H and O–H groups in total. The van der Waals surface area contributed by atoms with Crippen LogP contribution in [0.25, 0.3) is 22.3 Å². The van der Waals surface area contributed by atoms with Crippen molar-refractivity contribution >= 4 is 16.8 Å². The third kappa shape index (κ3) is 4.64. The van der Waals surface area contributed by atoms with E-state index in [9.17, 15) is 4.79 Å². The summed E-state index contributed by atoms with van der Waals surface area (Å²) in [6.45, 7) is 10.5. The lowest BCUT2D eigenvalue weighted by Crippen LogP contribution is -2.28. The van der Waals surface area contributed by atoms with Crippen LogP contribution < -0.4 is 10.1 Å². The number of pyridine rings is 2. The van der Waals surface area contributed by atoms with Crippen molar-refractivity contribution in [2.75, 3.05) is 0 Å². The van der Waals surface area contributed by atoms with Crippen molar-refractivity contribution in [2.24, 2.45) is 13.0 Å². The molecule has 0 bridgehead atoms. The standard InChI is InChI=1S/C27H31N5O2/c1-16(2)27(33)30-14-23-22(17(3)10-11-28-23)15-34-24-9-7-8-20-21(12-18(4)31-25(20)24)26-29-13-19(5)32(26)6/h7-13,16H,14-15H2,1-6H3,(H,30,33). The number of hydrogen-bond donors (Lipinski definition) is 1. The van der Waals surface area contributed by atoms with Gasteiger partial charge in [0, 0.05) is 53.3 Å². The fraction of sp³-hybridized carbons (Fsp3) is 0.333. The first kappa shape index (κ1) is 23.4. The predicted octanol–water partition coefficient (Wildman–Crippen LogP) is 4.81. The van der Waals surface area contributed by atoms with E-state index < -0.39 is 0 Å². The van der Waals surface area contributed by atoms with Gasteiger partial charge in [-0.15, -0.1) is 0 Å². The minimum absolute atomic E-state index is 0.000883. The van der Waals surface area contributed by atoms with Crippen molar-refractivity contribution in [3.05, 3.63) is 70.9 Å². The van der Waals surface area contributed by atoms with Crippen molar-refractivity contribution in [1.29, 1.82) is 0 Å². The van der Waals surface area contributed by atoms with Gasteiger partial charge in [-0.05, 0) is 44.5 Å². The second kappa shape index (κ2) is 9.63. The van der Waals surface area contributed by atoms with Crippen LogP contribution in [0, 0.1) is 26.7 Å². The number of para-hydroxylation sites is 1. The highest BCUT2D eigenvalue weighted by atomic mass is 16.5. The normalized spacial score (nSPS) is 11.3. The fourth-order valence-corrected chi connectivity index (χ4v) is 3.92. The Morgan fingerprint density at radius 2 is 1.94 bits per heavy atom. The van der Waals surface area contributed by atoms with Crippen LogP contribution in [-0.4, -0.2) is 25.4 Å². The van der Waals surface area contributed by atoms with Crippen molar-refractivity contribution < 1.29 is 9.53 Å². The molecule has 0 aliphatic carbocycles. The van der Waals surface area contributed by atoms with Crippen LogP contribution in [-0.2, 0) is 25.0 Å². The van der Waals surface area contributed by atoms with E-state index >= 15 is 0 Å². The summed E-state index contributed by atoms with van der Waals surface area (Å²) in [4.78, 5) is 26.0. The molecule has 176 valence electrons. The van der Waals surface area contributed by atoms with Crippen LogP contribution in [0.3, 0.4) is 0 Å². The maximum atomic E-state index is 12.1. The molecule has 4 rings (SSSR count). The smallest absolute Gasteiger partial charge is 0.222 e. The molecule has 0 unspecified atom stereocenters. The van der Waals surface area contributed by atoms with Gasteiger partial charge < -0.3 is 14.6 Å². The third-order valence-electron chi connectivity index (χ3n) is 6.10. The number of carbonyl (C=O) groups excluding carboxylic acids is 1. The summed E-state index contributed by atoms with van der Waals surface area (Å²) in [5.41, 5.74) is 6.66. The second-order valence-electron chi connectivity index (χ2n) is 8.96. The van der Waals surface area contributed by atoms with E-state index in [1.54, 1.807) is 6.20 Å². The number of aryl methyl sites for hydroxylation is 3. The Morgan fingerprint density at radius 3 is 2.65 bits per heavy atom. The van der Waals surface area contributed by atoms with Crippen LogP contribution in [0.15, 0.2) is 42.7 Å². The van der Waals surface area contributed by atoms with Gasteiger partial charge in [-0.2, -0.15) is 0 Å². The maximum absolute atomic E-state index is 12.1. The number of aromatic nitrogens is 4. The number of nitrogens with zero attached hydrogens (tertiary/aromatic N) is 4. The van der Waals surface area contributed by atoms with Gasteiger partial charge in [0.05, 0.1) is 12.2 Å². The molecule has 0 spiro atoms. The molecule has 0 fully saturated rings. The summed E-state index contributed by atoms with van der Waals surface area (Å²) in [5, 5.41) is 3.95. The van der Waals surface area contributed by atoms with Crippen molar-refractivity contribution in [1.82, 2.24) is 24.8 Å². The van der Waals surface area contributed by atoms with Gasteiger partial charge in [-0.25, -0.2) is 9.97 Å². The summed E-state index contributed by atoms with van der Waals surface area (Å²) in [7, 11) is 2.02. The first-order valence-corrected chi connectivity index (χ1v) is 11.5. The van der Waals surface area contributed by atoms with E-state index in [0.29, 0.717) is 18.9 Å². The van der Waals surface area contributed by atoms with Gasteiger partial charge >= 0.3 is 0 Å². The fourth-order valence-electron chi connectivity index (χ4n) is 3.92. The summed E-state index contributed by atoms with van der Waals surface area (Å²) in [5.74, 6) is 1.53. The highest BCUT2D eigenvalue weighted by molar-refractivity contribution is 5.96. The van der Waals surface area contributed by atoms with Crippen LogP contribution in [0.2, 0.25) is 0 Å². The molecule has 1 amide bonds. The molecule has 4 aromatic rings. The van der Waals surface area contributed by atoms with Crippen LogP contribution in [0.1, 0.15) is 42.1 Å². The topological polar surface area (TPSA) is 81.9 Å². The molecule has 0 aliphatic rings. The van der Waals surface area contributed by atoms with Gasteiger partial charge in [0.2, 0.25) is 5.91 Å². The minimum atomic E-state index is -0.0776. The molecule has 3 aromatic heterocycles. The lowest BCUT2D eigenvalue weighted by molar-refractivity contribution is -0.124. The zero-order valence-electron chi connectivity index (χ0n) is 20.6. The average Bonchev–Trinajstić information content (AvgIpc) is 3.14. The lowest BCUT2D eigenvalue weighted by Gasteiger charge is -2.16. The summed E-state index contributed by atoms with van der Waals surface area (Å²) >= 11 is 0. The Balaban J connectivity index is 1.67. The van der Waals surface area contributed by atoms with Crippen LogP contribution in [0.4, 0.5) is 0 Å².